The standard InChI is InChI=1S/C33H43F3N6S/c1-19-12-32(14-28(32)20(19)2)17-42-24(15-37)10-26-21(3)22(4-5-29(26)42)16-41-8-6-23(7-9-41)40-30-27-11-25(13-33(34,35)36)43-31(27)39-18-38-30/h10-11,18-23,26,28-29H,4-9,12-14,16-17H2,1-3H3,(H,38,39,40)/t19?,20-,21?,22?,26?,28?,29?,32?/m1/s1. The second-order valence-corrected chi connectivity index (χ2v) is 15.6. The van der Waals surface area contributed by atoms with Crippen molar-refractivity contribution in [2.24, 2.45) is 40.9 Å². The summed E-state index contributed by atoms with van der Waals surface area (Å²) in [5, 5.41) is 14.3. The van der Waals surface area contributed by atoms with Crippen molar-refractivity contribution in [1.82, 2.24) is 19.8 Å². The SMILES string of the molecule is CC1C(CN2CCC(Nc3ncnc4sc(CC(F)(F)F)cc34)CC2)CCC2C1C=C(C#N)N2CC12CC(C)[C@@H](C)C1C2. The first-order valence-electron chi connectivity index (χ1n) is 16.2. The van der Waals surface area contributed by atoms with E-state index < -0.39 is 12.6 Å². The molecule has 7 unspecified atom stereocenters. The molecule has 232 valence electrons. The van der Waals surface area contributed by atoms with Gasteiger partial charge in [-0.3, -0.25) is 0 Å². The van der Waals surface area contributed by atoms with Crippen LogP contribution in [0.15, 0.2) is 24.2 Å². The lowest BCUT2D eigenvalue weighted by Gasteiger charge is -2.44. The molecule has 3 aliphatic carbocycles. The molecule has 8 atom stereocenters. The zero-order chi connectivity index (χ0) is 30.1. The smallest absolute Gasteiger partial charge is 0.367 e. The number of hydrogen-bond donors (Lipinski definition) is 1. The van der Waals surface area contributed by atoms with E-state index in [0.29, 0.717) is 45.2 Å². The normalized spacial score (nSPS) is 36.3. The van der Waals surface area contributed by atoms with Crippen LogP contribution in [0.3, 0.4) is 0 Å². The summed E-state index contributed by atoms with van der Waals surface area (Å²) in [6.07, 6.45) is 5.61. The van der Waals surface area contributed by atoms with Gasteiger partial charge in [-0.2, -0.15) is 18.4 Å². The molecule has 4 heterocycles. The second kappa shape index (κ2) is 10.9. The lowest BCUT2D eigenvalue weighted by molar-refractivity contribution is -0.126. The van der Waals surface area contributed by atoms with Gasteiger partial charge in [0.25, 0.3) is 0 Å². The number of nitrogens with one attached hydrogen (secondary N) is 1. The molecule has 1 saturated heterocycles. The summed E-state index contributed by atoms with van der Waals surface area (Å²) in [5.41, 5.74) is 1.38. The highest BCUT2D eigenvalue weighted by atomic mass is 32.1. The van der Waals surface area contributed by atoms with Crippen molar-refractivity contribution in [1.29, 1.82) is 5.26 Å². The number of alkyl halides is 3. The minimum atomic E-state index is -4.23. The number of aromatic nitrogens is 2. The minimum absolute atomic E-state index is 0.240. The van der Waals surface area contributed by atoms with E-state index in [1.807, 2.05) is 0 Å². The van der Waals surface area contributed by atoms with Gasteiger partial charge in [0.1, 0.15) is 28.7 Å². The van der Waals surface area contributed by atoms with E-state index in [1.165, 1.54) is 32.0 Å². The van der Waals surface area contributed by atoms with E-state index in [2.05, 4.69) is 58.0 Å². The maximum Gasteiger partial charge on any atom is 0.393 e. The zero-order valence-corrected chi connectivity index (χ0v) is 26.2. The Hall–Kier alpha value is -2.38. The van der Waals surface area contributed by atoms with Crippen LogP contribution in [0.4, 0.5) is 19.0 Å². The first kappa shape index (κ1) is 29.3. The molecule has 10 heteroatoms. The number of nitriles is 1. The van der Waals surface area contributed by atoms with Gasteiger partial charge in [0.2, 0.25) is 0 Å². The molecule has 1 N–H and O–H groups in total. The first-order chi connectivity index (χ1) is 20.5. The minimum Gasteiger partial charge on any atom is -0.367 e. The van der Waals surface area contributed by atoms with Gasteiger partial charge in [0, 0.05) is 49.1 Å². The van der Waals surface area contributed by atoms with Crippen LogP contribution in [0, 0.1) is 52.3 Å². The number of nitrogens with zero attached hydrogens (tertiary/aromatic N) is 5. The Labute approximate surface area is 256 Å². The number of anilines is 1. The highest BCUT2D eigenvalue weighted by Gasteiger charge is 2.63. The largest absolute Gasteiger partial charge is 0.393 e. The summed E-state index contributed by atoms with van der Waals surface area (Å²) in [6.45, 7) is 11.4. The lowest BCUT2D eigenvalue weighted by atomic mass is 9.70. The number of piperidine rings is 1. The third-order valence-corrected chi connectivity index (χ3v) is 13.0. The number of hydrogen-bond acceptors (Lipinski definition) is 7. The Balaban J connectivity index is 0.935. The van der Waals surface area contributed by atoms with Crippen LogP contribution in [-0.2, 0) is 6.42 Å². The number of likely N-dealkylation sites (tertiary alicyclic amines) is 1. The zero-order valence-electron chi connectivity index (χ0n) is 25.4. The van der Waals surface area contributed by atoms with Crippen LogP contribution in [-0.4, -0.2) is 64.2 Å². The summed E-state index contributed by atoms with van der Waals surface area (Å²) in [6, 6.07) is 4.89. The Kier molecular flexibility index (Phi) is 7.44. The van der Waals surface area contributed by atoms with Gasteiger partial charge >= 0.3 is 6.18 Å². The highest BCUT2D eigenvalue weighted by molar-refractivity contribution is 7.18. The van der Waals surface area contributed by atoms with Gasteiger partial charge in [-0.15, -0.1) is 11.3 Å². The monoisotopic (exact) mass is 612 g/mol. The maximum atomic E-state index is 12.9. The molecule has 0 aromatic carbocycles. The van der Waals surface area contributed by atoms with Gasteiger partial charge in [-0.25, -0.2) is 9.97 Å². The van der Waals surface area contributed by atoms with Crippen molar-refractivity contribution in [2.75, 3.05) is 31.5 Å². The number of allylic oxidation sites excluding steroid dienone is 1. The molecule has 7 rings (SSSR count). The number of fused-ring (bicyclic) bond motifs is 3. The fourth-order valence-electron chi connectivity index (χ4n) is 9.41. The third kappa shape index (κ3) is 5.54. The molecule has 0 bridgehead atoms. The van der Waals surface area contributed by atoms with Crippen LogP contribution >= 0.6 is 11.3 Å². The van der Waals surface area contributed by atoms with Gasteiger partial charge in [-0.1, -0.05) is 20.8 Å². The van der Waals surface area contributed by atoms with Crippen molar-refractivity contribution in [3.05, 3.63) is 29.0 Å². The summed E-state index contributed by atoms with van der Waals surface area (Å²) < 4.78 is 38.8. The Morgan fingerprint density at radius 2 is 1.88 bits per heavy atom. The van der Waals surface area contributed by atoms with E-state index in [9.17, 15) is 18.4 Å². The average molecular weight is 613 g/mol. The number of thiophene rings is 1. The Bertz CT molecular complexity index is 1420. The molecule has 4 fully saturated rings. The van der Waals surface area contributed by atoms with Crippen LogP contribution in [0.1, 0.15) is 64.2 Å². The lowest BCUT2D eigenvalue weighted by Crippen LogP contribution is -2.48. The molecule has 0 spiro atoms. The quantitative estimate of drug-likeness (QED) is 0.360. The summed E-state index contributed by atoms with van der Waals surface area (Å²) >= 11 is 1.09. The predicted molar refractivity (Wildman–Crippen MR) is 163 cm³/mol. The van der Waals surface area contributed by atoms with Crippen molar-refractivity contribution in [3.8, 4) is 6.07 Å². The molecule has 2 aromatic rings. The fraction of sp³-hybridized carbons (Fsp3) is 0.727. The molecule has 2 aromatic heterocycles. The molecule has 5 aliphatic rings. The van der Waals surface area contributed by atoms with Crippen LogP contribution in [0.5, 0.6) is 0 Å². The van der Waals surface area contributed by atoms with E-state index >= 15 is 0 Å². The highest BCUT2D eigenvalue weighted by Crippen LogP contribution is 2.68. The summed E-state index contributed by atoms with van der Waals surface area (Å²) in [4.78, 5) is 14.6. The van der Waals surface area contributed by atoms with E-state index in [-0.39, 0.29) is 10.9 Å². The van der Waals surface area contributed by atoms with Crippen LogP contribution in [0.2, 0.25) is 0 Å². The molecular weight excluding hydrogens is 569 g/mol. The van der Waals surface area contributed by atoms with Gasteiger partial charge in [0.15, 0.2) is 0 Å². The van der Waals surface area contributed by atoms with Gasteiger partial charge in [-0.05, 0) is 85.7 Å². The summed E-state index contributed by atoms with van der Waals surface area (Å²) in [7, 11) is 0. The second-order valence-electron chi connectivity index (χ2n) is 14.5. The Morgan fingerprint density at radius 1 is 1.09 bits per heavy atom. The molecule has 0 amide bonds. The van der Waals surface area contributed by atoms with Gasteiger partial charge in [0.05, 0.1) is 11.8 Å². The van der Waals surface area contributed by atoms with E-state index in [4.69, 9.17) is 0 Å². The molecule has 0 radical (unpaired) electrons. The molecule has 6 nitrogen and oxygen atoms in total. The van der Waals surface area contributed by atoms with Crippen molar-refractivity contribution >= 4 is 27.4 Å². The maximum absolute atomic E-state index is 12.9. The fourth-order valence-corrected chi connectivity index (χ4v) is 10.4. The van der Waals surface area contributed by atoms with Crippen molar-refractivity contribution < 1.29 is 13.2 Å². The molecular formula is C33H43F3N6S. The number of halogens is 3. The first-order valence-corrected chi connectivity index (χ1v) is 17.0. The van der Waals surface area contributed by atoms with Crippen molar-refractivity contribution in [2.45, 2.75) is 84.0 Å². The number of rotatable bonds is 7. The average Bonchev–Trinajstić information content (AvgIpc) is 3.19. The van der Waals surface area contributed by atoms with E-state index in [1.54, 1.807) is 6.07 Å². The Morgan fingerprint density at radius 3 is 2.58 bits per heavy atom. The third-order valence-electron chi connectivity index (χ3n) is 12.0. The van der Waals surface area contributed by atoms with Crippen LogP contribution < -0.4 is 5.32 Å². The van der Waals surface area contributed by atoms with Crippen molar-refractivity contribution in [3.63, 3.8) is 0 Å². The predicted octanol–water partition coefficient (Wildman–Crippen LogP) is 7.11. The molecule has 3 saturated carbocycles. The molecule has 43 heavy (non-hydrogen) atoms. The topological polar surface area (TPSA) is 68.1 Å². The summed E-state index contributed by atoms with van der Waals surface area (Å²) in [5.74, 6) is 4.75. The van der Waals surface area contributed by atoms with Gasteiger partial charge < -0.3 is 15.1 Å². The van der Waals surface area contributed by atoms with Crippen LogP contribution in [0.25, 0.3) is 10.2 Å². The molecule has 2 aliphatic heterocycles. The van der Waals surface area contributed by atoms with E-state index in [0.717, 1.165) is 73.8 Å².